The van der Waals surface area contributed by atoms with Crippen LogP contribution in [0.25, 0.3) is 11.0 Å². The molecule has 0 aliphatic rings. The first kappa shape index (κ1) is 17.8. The van der Waals surface area contributed by atoms with Gasteiger partial charge in [-0.25, -0.2) is 4.39 Å². The molecule has 0 unspecified atom stereocenters. The van der Waals surface area contributed by atoms with E-state index in [-0.39, 0.29) is 18.3 Å². The summed E-state index contributed by atoms with van der Waals surface area (Å²) in [4.78, 5) is 14.4. The Morgan fingerprint density at radius 1 is 1.23 bits per heavy atom. The highest BCUT2D eigenvalue weighted by Gasteiger charge is 2.22. The third kappa shape index (κ3) is 3.49. The van der Waals surface area contributed by atoms with Gasteiger partial charge < -0.3 is 18.8 Å². The summed E-state index contributed by atoms with van der Waals surface area (Å²) in [7, 11) is 3.24. The second kappa shape index (κ2) is 7.47. The summed E-state index contributed by atoms with van der Waals surface area (Å²) in [5.74, 6) is 0.748. The molecule has 6 heteroatoms. The van der Waals surface area contributed by atoms with Gasteiger partial charge in [-0.05, 0) is 37.3 Å². The van der Waals surface area contributed by atoms with Gasteiger partial charge in [-0.1, -0.05) is 12.1 Å². The molecule has 1 amide bonds. The van der Waals surface area contributed by atoms with Crippen LogP contribution in [0.1, 0.15) is 16.1 Å². The van der Waals surface area contributed by atoms with Crippen LogP contribution < -0.4 is 9.47 Å². The van der Waals surface area contributed by atoms with Crippen LogP contribution in [0.15, 0.2) is 46.9 Å². The number of fused-ring (bicyclic) bond motifs is 1. The summed E-state index contributed by atoms with van der Waals surface area (Å²) in [6.07, 6.45) is 0. The Morgan fingerprint density at radius 3 is 2.73 bits per heavy atom. The van der Waals surface area contributed by atoms with Crippen molar-refractivity contribution in [2.75, 3.05) is 27.3 Å². The average Bonchev–Trinajstić information content (AvgIpc) is 2.97. The van der Waals surface area contributed by atoms with E-state index in [4.69, 9.17) is 13.9 Å². The number of hydrogen-bond donors (Lipinski definition) is 0. The Balaban J connectivity index is 1.73. The van der Waals surface area contributed by atoms with Crippen LogP contribution in [-0.4, -0.2) is 38.1 Å². The van der Waals surface area contributed by atoms with Crippen LogP contribution in [0, 0.1) is 12.7 Å². The van der Waals surface area contributed by atoms with Crippen LogP contribution in [0.4, 0.5) is 4.39 Å². The quantitative estimate of drug-likeness (QED) is 0.668. The summed E-state index contributed by atoms with van der Waals surface area (Å²) in [6, 6.07) is 11.5. The van der Waals surface area contributed by atoms with E-state index in [9.17, 15) is 9.18 Å². The molecule has 0 fully saturated rings. The summed E-state index contributed by atoms with van der Waals surface area (Å²) in [5, 5.41) is 0.703. The molecule has 5 nitrogen and oxygen atoms in total. The van der Waals surface area contributed by atoms with Crippen molar-refractivity contribution in [3.63, 3.8) is 0 Å². The number of para-hydroxylation sites is 1. The Morgan fingerprint density at radius 2 is 2.00 bits per heavy atom. The van der Waals surface area contributed by atoms with Crippen molar-refractivity contribution in [1.29, 1.82) is 0 Å². The fourth-order valence-electron chi connectivity index (χ4n) is 2.74. The number of halogens is 1. The van der Waals surface area contributed by atoms with Crippen molar-refractivity contribution in [1.82, 2.24) is 4.90 Å². The molecule has 2 aromatic carbocycles. The third-order valence-corrected chi connectivity index (χ3v) is 4.15. The van der Waals surface area contributed by atoms with E-state index < -0.39 is 5.82 Å². The van der Waals surface area contributed by atoms with Crippen LogP contribution >= 0.6 is 0 Å². The van der Waals surface area contributed by atoms with Gasteiger partial charge in [0.1, 0.15) is 23.7 Å². The minimum Gasteiger partial charge on any atom is -0.497 e. The van der Waals surface area contributed by atoms with E-state index in [1.165, 1.54) is 11.0 Å². The maximum absolute atomic E-state index is 13.6. The molecule has 3 rings (SSSR count). The van der Waals surface area contributed by atoms with E-state index in [2.05, 4.69) is 0 Å². The number of rotatable bonds is 6. The number of benzene rings is 2. The molecule has 0 radical (unpaired) electrons. The van der Waals surface area contributed by atoms with Gasteiger partial charge in [0, 0.05) is 12.4 Å². The lowest BCUT2D eigenvalue weighted by molar-refractivity contribution is 0.0773. The molecular formula is C20H20FNO4. The van der Waals surface area contributed by atoms with Gasteiger partial charge >= 0.3 is 0 Å². The molecule has 0 N–H and O–H groups in total. The summed E-state index contributed by atoms with van der Waals surface area (Å²) >= 11 is 0. The fourth-order valence-corrected chi connectivity index (χ4v) is 2.74. The van der Waals surface area contributed by atoms with Gasteiger partial charge in [-0.15, -0.1) is 0 Å². The summed E-state index contributed by atoms with van der Waals surface area (Å²) in [6.45, 7) is 2.24. The first-order chi connectivity index (χ1) is 12.5. The Kier molecular flexibility index (Phi) is 5.11. The number of ether oxygens (including phenoxy) is 2. The van der Waals surface area contributed by atoms with E-state index in [0.717, 1.165) is 0 Å². The Bertz CT molecular complexity index is 935. The summed E-state index contributed by atoms with van der Waals surface area (Å²) < 4.78 is 29.9. The van der Waals surface area contributed by atoms with Crippen molar-refractivity contribution in [3.05, 3.63) is 59.6 Å². The highest BCUT2D eigenvalue weighted by molar-refractivity contribution is 6.07. The highest BCUT2D eigenvalue weighted by atomic mass is 19.1. The van der Waals surface area contributed by atoms with E-state index in [1.807, 2.05) is 0 Å². The Hall–Kier alpha value is -3.02. The number of methoxy groups -OCH3 is 1. The zero-order valence-corrected chi connectivity index (χ0v) is 14.9. The second-order valence-corrected chi connectivity index (χ2v) is 5.90. The molecular weight excluding hydrogens is 337 g/mol. The zero-order chi connectivity index (χ0) is 18.7. The molecule has 0 aliphatic carbocycles. The molecule has 0 saturated carbocycles. The molecule has 1 heterocycles. The molecule has 0 saturated heterocycles. The number of carbonyl (C=O) groups is 1. The van der Waals surface area contributed by atoms with Crippen molar-refractivity contribution >= 4 is 16.9 Å². The largest absolute Gasteiger partial charge is 0.497 e. The lowest BCUT2D eigenvalue weighted by Crippen LogP contribution is -2.31. The lowest BCUT2D eigenvalue weighted by atomic mass is 10.1. The molecule has 136 valence electrons. The number of aryl methyl sites for hydroxylation is 1. The molecule has 1 aromatic heterocycles. The first-order valence-electron chi connectivity index (χ1n) is 8.21. The molecule has 0 spiro atoms. The topological polar surface area (TPSA) is 51.9 Å². The predicted molar refractivity (Wildman–Crippen MR) is 96.4 cm³/mol. The zero-order valence-electron chi connectivity index (χ0n) is 14.9. The number of amides is 1. The first-order valence-corrected chi connectivity index (χ1v) is 8.21. The molecule has 0 atom stereocenters. The van der Waals surface area contributed by atoms with Crippen LogP contribution in [-0.2, 0) is 0 Å². The van der Waals surface area contributed by atoms with Gasteiger partial charge in [-0.2, -0.15) is 0 Å². The normalized spacial score (nSPS) is 10.8. The van der Waals surface area contributed by atoms with Gasteiger partial charge in [-0.3, -0.25) is 4.79 Å². The number of nitrogens with zero attached hydrogens (tertiary/aromatic N) is 1. The predicted octanol–water partition coefficient (Wildman–Crippen LogP) is 4.04. The Labute approximate surface area is 150 Å². The van der Waals surface area contributed by atoms with Gasteiger partial charge in [0.2, 0.25) is 0 Å². The van der Waals surface area contributed by atoms with Crippen molar-refractivity contribution in [2.24, 2.45) is 0 Å². The molecule has 0 aliphatic heterocycles. The van der Waals surface area contributed by atoms with E-state index in [0.29, 0.717) is 34.6 Å². The van der Waals surface area contributed by atoms with E-state index >= 15 is 0 Å². The fraction of sp³-hybridized carbons (Fsp3) is 0.250. The minimum atomic E-state index is -0.426. The molecule has 0 bridgehead atoms. The smallest absolute Gasteiger partial charge is 0.257 e. The number of likely N-dealkylation sites (N-methyl/N-ethyl adjacent to an activating group) is 1. The average molecular weight is 357 g/mol. The van der Waals surface area contributed by atoms with Crippen molar-refractivity contribution < 1.29 is 23.1 Å². The highest BCUT2D eigenvalue weighted by Crippen LogP contribution is 2.29. The number of hydrogen-bond acceptors (Lipinski definition) is 4. The van der Waals surface area contributed by atoms with Crippen molar-refractivity contribution in [2.45, 2.75) is 6.92 Å². The monoisotopic (exact) mass is 357 g/mol. The molecule has 26 heavy (non-hydrogen) atoms. The van der Waals surface area contributed by atoms with Gasteiger partial charge in [0.15, 0.2) is 11.6 Å². The lowest BCUT2D eigenvalue weighted by Gasteiger charge is -2.17. The maximum atomic E-state index is 13.6. The van der Waals surface area contributed by atoms with Gasteiger partial charge in [0.25, 0.3) is 5.91 Å². The van der Waals surface area contributed by atoms with Crippen molar-refractivity contribution in [3.8, 4) is 11.5 Å². The minimum absolute atomic E-state index is 0.169. The van der Waals surface area contributed by atoms with Crippen LogP contribution in [0.3, 0.4) is 0 Å². The summed E-state index contributed by atoms with van der Waals surface area (Å²) in [5.41, 5.74) is 1.12. The molecule has 3 aromatic rings. The SMILES string of the molecule is COc1ccc2oc(C)c(C(=O)N(C)CCOc3ccccc3F)c2c1. The number of carbonyl (C=O) groups excluding carboxylic acids is 1. The second-order valence-electron chi connectivity index (χ2n) is 5.90. The van der Waals surface area contributed by atoms with Crippen LogP contribution in [0.5, 0.6) is 11.5 Å². The van der Waals surface area contributed by atoms with Crippen LogP contribution in [0.2, 0.25) is 0 Å². The maximum Gasteiger partial charge on any atom is 0.257 e. The third-order valence-electron chi connectivity index (χ3n) is 4.15. The van der Waals surface area contributed by atoms with E-state index in [1.54, 1.807) is 57.5 Å². The standard InChI is InChI=1S/C20H20FNO4/c1-13-19(15-12-14(24-3)8-9-17(15)26-13)20(23)22(2)10-11-25-18-7-5-4-6-16(18)21/h4-9,12H,10-11H2,1-3H3. The van der Waals surface area contributed by atoms with Gasteiger partial charge in [0.05, 0.1) is 19.2 Å². The number of furan rings is 1.